The molecule has 8 nitrogen and oxygen atoms in total. The summed E-state index contributed by atoms with van der Waals surface area (Å²) in [6, 6.07) is 7.87. The van der Waals surface area contributed by atoms with Gasteiger partial charge in [-0.3, -0.25) is 14.9 Å². The van der Waals surface area contributed by atoms with E-state index in [4.69, 9.17) is 10.7 Å². The minimum atomic E-state index is 0.0665. The molecule has 6 rings (SSSR count). The zero-order valence-electron chi connectivity index (χ0n) is 17.9. The molecule has 0 unspecified atom stereocenters. The molecule has 4 heterocycles. The number of hydrogen-bond donors (Lipinski definition) is 4. The van der Waals surface area contributed by atoms with Crippen LogP contribution in [0, 0.1) is 5.92 Å². The Kier molecular flexibility index (Phi) is 4.57. The predicted molar refractivity (Wildman–Crippen MR) is 128 cm³/mol. The topological polar surface area (TPSA) is 125 Å². The first-order valence-corrected chi connectivity index (χ1v) is 11.1. The second-order valence-corrected chi connectivity index (χ2v) is 8.64. The monoisotopic (exact) mass is 437 g/mol. The van der Waals surface area contributed by atoms with Crippen molar-refractivity contribution in [3.05, 3.63) is 65.8 Å². The number of carbonyl (C=O) groups excluding carboxylic acids is 1. The molecule has 1 amide bonds. The summed E-state index contributed by atoms with van der Waals surface area (Å²) in [6.07, 6.45) is 13.0. The summed E-state index contributed by atoms with van der Waals surface area (Å²) < 4.78 is 0. The van der Waals surface area contributed by atoms with Gasteiger partial charge in [0.25, 0.3) is 0 Å². The fourth-order valence-corrected chi connectivity index (χ4v) is 4.29. The molecule has 4 aromatic rings. The van der Waals surface area contributed by atoms with Crippen LogP contribution in [0.5, 0.6) is 0 Å². The lowest BCUT2D eigenvalue weighted by Gasteiger charge is -2.24. The maximum Gasteiger partial charge on any atom is 0.227 e. The van der Waals surface area contributed by atoms with Crippen molar-refractivity contribution in [1.29, 1.82) is 0 Å². The molecule has 2 aliphatic rings. The van der Waals surface area contributed by atoms with Crippen molar-refractivity contribution in [2.45, 2.75) is 25.7 Å². The number of nitrogens with zero attached hydrogens (tertiary/aromatic N) is 3. The number of hydrogen-bond acceptors (Lipinski definition) is 5. The van der Waals surface area contributed by atoms with Gasteiger partial charge in [-0.05, 0) is 48.7 Å². The van der Waals surface area contributed by atoms with E-state index in [9.17, 15) is 4.79 Å². The molecule has 0 aliphatic heterocycles. The highest BCUT2D eigenvalue weighted by molar-refractivity contribution is 5.94. The van der Waals surface area contributed by atoms with E-state index in [2.05, 4.69) is 31.5 Å². The van der Waals surface area contributed by atoms with E-state index in [0.717, 1.165) is 69.9 Å². The largest absolute Gasteiger partial charge is 0.402 e. The number of allylic oxidation sites excluding steroid dienone is 3. The lowest BCUT2D eigenvalue weighted by atomic mass is 9.85. The molecular formula is C25H23N7O. The normalized spacial score (nSPS) is 15.6. The lowest BCUT2D eigenvalue weighted by Crippen LogP contribution is -2.28. The molecule has 164 valence electrons. The first-order valence-electron chi connectivity index (χ1n) is 11.1. The molecular weight excluding hydrogens is 414 g/mol. The van der Waals surface area contributed by atoms with Crippen LogP contribution in [0.2, 0.25) is 0 Å². The summed E-state index contributed by atoms with van der Waals surface area (Å²) in [7, 11) is 0. The highest BCUT2D eigenvalue weighted by Crippen LogP contribution is 2.31. The molecule has 8 heteroatoms. The molecule has 1 saturated carbocycles. The number of fused-ring (bicyclic) bond motifs is 2. The van der Waals surface area contributed by atoms with Crippen molar-refractivity contribution in [1.82, 2.24) is 25.1 Å². The van der Waals surface area contributed by atoms with E-state index in [1.807, 2.05) is 36.4 Å². The summed E-state index contributed by atoms with van der Waals surface area (Å²) in [5, 5.41) is 10.6. The first kappa shape index (κ1) is 19.5. The van der Waals surface area contributed by atoms with Gasteiger partial charge in [-0.25, -0.2) is 4.98 Å². The van der Waals surface area contributed by atoms with Gasteiger partial charge < -0.3 is 16.0 Å². The fraction of sp³-hybridized carbons (Fsp3) is 0.200. The minimum Gasteiger partial charge on any atom is -0.402 e. The number of amides is 1. The summed E-state index contributed by atoms with van der Waals surface area (Å²) in [5.74, 6) is 0.185. The van der Waals surface area contributed by atoms with Gasteiger partial charge in [0.05, 0.1) is 28.8 Å². The molecule has 0 radical (unpaired) electrons. The Hall–Kier alpha value is -4.20. The molecule has 0 saturated heterocycles. The minimum absolute atomic E-state index is 0.0665. The SMILES string of the molecule is NC1=CC=Cc2cc(-c3n[nH]c4ccc(-c5cncc(NC(=O)C6CCC6)c5)nc34)[nH]c2C1. The van der Waals surface area contributed by atoms with Gasteiger partial charge in [0.2, 0.25) is 5.91 Å². The van der Waals surface area contributed by atoms with Crippen LogP contribution in [0.25, 0.3) is 39.8 Å². The standard InChI is InChI=1S/C25H23N7O/c26-17-6-2-5-15-10-22(29-21(15)11-17)24-23-20(31-32-24)8-7-19(30-23)16-9-18(13-27-12-16)28-25(33)14-3-1-4-14/h2,5-10,12-14,29H,1,3-4,11,26H2,(H,28,33)(H,31,32). The van der Waals surface area contributed by atoms with E-state index < -0.39 is 0 Å². The van der Waals surface area contributed by atoms with Crippen LogP contribution in [-0.4, -0.2) is 31.1 Å². The Morgan fingerprint density at radius 3 is 2.94 bits per heavy atom. The van der Waals surface area contributed by atoms with E-state index in [-0.39, 0.29) is 11.8 Å². The molecule has 0 bridgehead atoms. The molecule has 1 fully saturated rings. The zero-order chi connectivity index (χ0) is 22.4. The van der Waals surface area contributed by atoms with Crippen LogP contribution in [-0.2, 0) is 11.2 Å². The molecule has 33 heavy (non-hydrogen) atoms. The second-order valence-electron chi connectivity index (χ2n) is 8.64. The lowest BCUT2D eigenvalue weighted by molar-refractivity contribution is -0.122. The van der Waals surface area contributed by atoms with Gasteiger partial charge in [0.15, 0.2) is 0 Å². The number of nitrogens with one attached hydrogen (secondary N) is 3. The van der Waals surface area contributed by atoms with Crippen molar-refractivity contribution >= 4 is 28.7 Å². The highest BCUT2D eigenvalue weighted by Gasteiger charge is 2.25. The average Bonchev–Trinajstić information content (AvgIpc) is 3.31. The van der Waals surface area contributed by atoms with Gasteiger partial charge in [0.1, 0.15) is 11.2 Å². The third-order valence-corrected chi connectivity index (χ3v) is 6.34. The average molecular weight is 438 g/mol. The van der Waals surface area contributed by atoms with Crippen molar-refractivity contribution in [3.63, 3.8) is 0 Å². The number of aromatic amines is 2. The number of anilines is 1. The Balaban J connectivity index is 1.34. The van der Waals surface area contributed by atoms with Gasteiger partial charge in [-0.2, -0.15) is 5.10 Å². The highest BCUT2D eigenvalue weighted by atomic mass is 16.1. The molecule has 0 spiro atoms. The molecule has 0 aromatic carbocycles. The van der Waals surface area contributed by atoms with E-state index >= 15 is 0 Å². The molecule has 2 aliphatic carbocycles. The third-order valence-electron chi connectivity index (χ3n) is 6.34. The van der Waals surface area contributed by atoms with Gasteiger partial charge >= 0.3 is 0 Å². The number of aromatic nitrogens is 5. The molecule has 0 atom stereocenters. The quantitative estimate of drug-likeness (QED) is 0.381. The third kappa shape index (κ3) is 3.59. The Morgan fingerprint density at radius 1 is 1.18 bits per heavy atom. The van der Waals surface area contributed by atoms with Gasteiger partial charge in [0, 0.05) is 35.5 Å². The number of carbonyl (C=O) groups is 1. The molecule has 5 N–H and O–H groups in total. The maximum absolute atomic E-state index is 12.3. The second kappa shape index (κ2) is 7.74. The van der Waals surface area contributed by atoms with Crippen LogP contribution in [0.4, 0.5) is 5.69 Å². The summed E-state index contributed by atoms with van der Waals surface area (Å²) in [5.41, 5.74) is 14.5. The Labute approximate surface area is 190 Å². The van der Waals surface area contributed by atoms with E-state index in [0.29, 0.717) is 12.1 Å². The van der Waals surface area contributed by atoms with Crippen molar-refractivity contribution in [3.8, 4) is 22.6 Å². The fourth-order valence-electron chi connectivity index (χ4n) is 4.29. The number of rotatable bonds is 4. The Bertz CT molecular complexity index is 1440. The maximum atomic E-state index is 12.3. The predicted octanol–water partition coefficient (Wildman–Crippen LogP) is 4.17. The zero-order valence-corrected chi connectivity index (χ0v) is 17.9. The van der Waals surface area contributed by atoms with Crippen LogP contribution in [0.3, 0.4) is 0 Å². The Morgan fingerprint density at radius 2 is 2.09 bits per heavy atom. The van der Waals surface area contributed by atoms with Crippen molar-refractivity contribution in [2.75, 3.05) is 5.32 Å². The number of H-pyrrole nitrogens is 2. The smallest absolute Gasteiger partial charge is 0.227 e. The van der Waals surface area contributed by atoms with Gasteiger partial charge in [-0.1, -0.05) is 18.6 Å². The van der Waals surface area contributed by atoms with Crippen molar-refractivity contribution in [2.24, 2.45) is 11.7 Å². The van der Waals surface area contributed by atoms with E-state index in [1.54, 1.807) is 12.4 Å². The summed E-state index contributed by atoms with van der Waals surface area (Å²) >= 11 is 0. The first-order chi connectivity index (χ1) is 16.1. The van der Waals surface area contributed by atoms with Gasteiger partial charge in [-0.15, -0.1) is 0 Å². The van der Waals surface area contributed by atoms with Crippen LogP contribution >= 0.6 is 0 Å². The van der Waals surface area contributed by atoms with E-state index in [1.165, 1.54) is 0 Å². The van der Waals surface area contributed by atoms with Crippen LogP contribution in [0.1, 0.15) is 30.5 Å². The van der Waals surface area contributed by atoms with Crippen LogP contribution < -0.4 is 11.1 Å². The number of nitrogens with two attached hydrogens (primary N) is 1. The number of pyridine rings is 2. The summed E-state index contributed by atoms with van der Waals surface area (Å²) in [6.45, 7) is 0. The summed E-state index contributed by atoms with van der Waals surface area (Å²) in [4.78, 5) is 25.0. The molecule has 4 aromatic heterocycles. The van der Waals surface area contributed by atoms with Crippen LogP contribution in [0.15, 0.2) is 54.5 Å². The van der Waals surface area contributed by atoms with Crippen molar-refractivity contribution < 1.29 is 4.79 Å².